The molecule has 1 fully saturated rings. The van der Waals surface area contributed by atoms with Gasteiger partial charge in [0.15, 0.2) is 5.96 Å². The van der Waals surface area contributed by atoms with Crippen molar-refractivity contribution in [3.63, 3.8) is 0 Å². The molecule has 9 heteroatoms. The van der Waals surface area contributed by atoms with Gasteiger partial charge in [0.1, 0.15) is 0 Å². The van der Waals surface area contributed by atoms with Crippen LogP contribution in [0.4, 0.5) is 0 Å². The molecule has 0 amide bonds. The second-order valence-corrected chi connectivity index (χ2v) is 9.92. The maximum absolute atomic E-state index is 12.6. The zero-order chi connectivity index (χ0) is 22.0. The highest BCUT2D eigenvalue weighted by Gasteiger charge is 2.27. The number of sulfonamides is 1. The lowest BCUT2D eigenvalue weighted by molar-refractivity contribution is 0.169. The van der Waals surface area contributed by atoms with E-state index >= 15 is 0 Å². The average Bonchev–Trinajstić information content (AvgIpc) is 3.31. The quantitative estimate of drug-likeness (QED) is 0.217. The molecule has 1 saturated heterocycles. The normalized spacial score (nSPS) is 15.5. The number of aliphatic hydroxyl groups is 1. The van der Waals surface area contributed by atoms with Crippen LogP contribution in [0.3, 0.4) is 0 Å². The Morgan fingerprint density at radius 2 is 1.71 bits per heavy atom. The van der Waals surface area contributed by atoms with Gasteiger partial charge in [0.2, 0.25) is 10.0 Å². The van der Waals surface area contributed by atoms with Gasteiger partial charge < -0.3 is 15.7 Å². The van der Waals surface area contributed by atoms with E-state index in [1.165, 1.54) is 0 Å². The second kappa shape index (κ2) is 13.6. The summed E-state index contributed by atoms with van der Waals surface area (Å²) in [6, 6.07) is 7.03. The highest BCUT2D eigenvalue weighted by molar-refractivity contribution is 14.0. The summed E-state index contributed by atoms with van der Waals surface area (Å²) in [5.74, 6) is 0.732. The number of hydrogen-bond acceptors (Lipinski definition) is 4. The lowest BCUT2D eigenvalue weighted by atomic mass is 9.79. The third-order valence-electron chi connectivity index (χ3n) is 6.16. The first-order chi connectivity index (χ1) is 14.4. The molecule has 1 aliphatic heterocycles. The molecular weight excluding hydrogens is 527 g/mol. The summed E-state index contributed by atoms with van der Waals surface area (Å²) in [5.41, 5.74) is 1.01. The molecule has 0 radical (unpaired) electrons. The number of nitrogens with zero attached hydrogens (tertiary/aromatic N) is 2. The van der Waals surface area contributed by atoms with Gasteiger partial charge in [-0.3, -0.25) is 0 Å². The van der Waals surface area contributed by atoms with Crippen molar-refractivity contribution in [3.8, 4) is 0 Å². The van der Waals surface area contributed by atoms with Gasteiger partial charge in [-0.1, -0.05) is 26.0 Å². The van der Waals surface area contributed by atoms with Crippen molar-refractivity contribution in [2.45, 2.75) is 64.3 Å². The minimum absolute atomic E-state index is 0. The van der Waals surface area contributed by atoms with Gasteiger partial charge in [-0.2, -0.15) is 4.31 Å². The summed E-state index contributed by atoms with van der Waals surface area (Å²) in [5, 5.41) is 16.1. The van der Waals surface area contributed by atoms with Crippen LogP contribution in [0.15, 0.2) is 34.2 Å². The van der Waals surface area contributed by atoms with Crippen molar-refractivity contribution in [2.24, 2.45) is 10.4 Å². The fraction of sp³-hybridized carbons (Fsp3) is 0.682. The van der Waals surface area contributed by atoms with E-state index in [0.29, 0.717) is 24.5 Å². The number of guanidine groups is 1. The first kappa shape index (κ1) is 28.1. The van der Waals surface area contributed by atoms with Gasteiger partial charge in [-0.15, -0.1) is 24.0 Å². The molecule has 3 N–H and O–H groups in total. The minimum atomic E-state index is -3.38. The third kappa shape index (κ3) is 7.87. The van der Waals surface area contributed by atoms with Crippen LogP contribution >= 0.6 is 24.0 Å². The predicted molar refractivity (Wildman–Crippen MR) is 137 cm³/mol. The zero-order valence-corrected chi connectivity index (χ0v) is 22.2. The number of rotatable bonds is 11. The summed E-state index contributed by atoms with van der Waals surface area (Å²) in [6.45, 7) is 9.71. The molecule has 31 heavy (non-hydrogen) atoms. The van der Waals surface area contributed by atoms with Gasteiger partial charge in [0, 0.05) is 32.8 Å². The Morgan fingerprint density at radius 3 is 2.23 bits per heavy atom. The minimum Gasteiger partial charge on any atom is -0.396 e. The van der Waals surface area contributed by atoms with Crippen molar-refractivity contribution >= 4 is 40.0 Å². The number of aliphatic hydroxyl groups excluding tert-OH is 1. The molecule has 0 bridgehead atoms. The smallest absolute Gasteiger partial charge is 0.243 e. The van der Waals surface area contributed by atoms with Crippen molar-refractivity contribution in [2.75, 3.05) is 32.8 Å². The van der Waals surface area contributed by atoms with Crippen LogP contribution in [0.1, 0.15) is 58.4 Å². The number of aliphatic imine (C=N–C) groups is 1. The Balaban J connectivity index is 0.00000480. The third-order valence-corrected chi connectivity index (χ3v) is 8.08. The van der Waals surface area contributed by atoms with Crippen LogP contribution in [-0.4, -0.2) is 56.6 Å². The lowest BCUT2D eigenvalue weighted by Crippen LogP contribution is -2.43. The van der Waals surface area contributed by atoms with Crippen molar-refractivity contribution in [1.29, 1.82) is 0 Å². The first-order valence-electron chi connectivity index (χ1n) is 11.1. The van der Waals surface area contributed by atoms with Crippen LogP contribution in [0, 0.1) is 5.41 Å². The van der Waals surface area contributed by atoms with E-state index in [-0.39, 0.29) is 36.0 Å². The van der Waals surface area contributed by atoms with E-state index in [4.69, 9.17) is 0 Å². The van der Waals surface area contributed by atoms with Gasteiger partial charge in [-0.25, -0.2) is 13.4 Å². The molecule has 1 aromatic carbocycles. The van der Waals surface area contributed by atoms with Crippen LogP contribution in [0.2, 0.25) is 0 Å². The first-order valence-corrected chi connectivity index (χ1v) is 12.6. The van der Waals surface area contributed by atoms with E-state index in [0.717, 1.165) is 56.7 Å². The molecule has 1 aliphatic rings. The molecule has 0 atom stereocenters. The molecule has 2 rings (SSSR count). The van der Waals surface area contributed by atoms with Crippen molar-refractivity contribution < 1.29 is 13.5 Å². The number of hydrogen-bond donors (Lipinski definition) is 3. The maximum atomic E-state index is 12.6. The molecule has 0 aromatic heterocycles. The molecule has 0 saturated carbocycles. The summed E-state index contributed by atoms with van der Waals surface area (Å²) < 4.78 is 26.9. The number of benzene rings is 1. The lowest BCUT2D eigenvalue weighted by Gasteiger charge is -2.32. The summed E-state index contributed by atoms with van der Waals surface area (Å²) in [7, 11) is -3.38. The van der Waals surface area contributed by atoms with Crippen LogP contribution in [0.25, 0.3) is 0 Å². The monoisotopic (exact) mass is 566 g/mol. The molecule has 1 heterocycles. The Morgan fingerprint density at radius 1 is 1.10 bits per heavy atom. The molecule has 0 spiro atoms. The van der Waals surface area contributed by atoms with Crippen molar-refractivity contribution in [3.05, 3.63) is 29.8 Å². The summed E-state index contributed by atoms with van der Waals surface area (Å²) in [4.78, 5) is 5.01. The molecule has 7 nitrogen and oxygen atoms in total. The standard InChI is InChI=1S/C22H38N4O3S.HI/c1-4-22(5-2,13-16-27)18-25-21(23-6-3)24-17-19-9-11-20(12-10-19)30(28,29)26-14-7-8-15-26;/h9-12,27H,4-8,13-18H2,1-3H3,(H2,23,24,25);1H. The summed E-state index contributed by atoms with van der Waals surface area (Å²) in [6.07, 6.45) is 4.61. The molecule has 178 valence electrons. The highest BCUT2D eigenvalue weighted by atomic mass is 127. The van der Waals surface area contributed by atoms with Crippen LogP contribution in [0.5, 0.6) is 0 Å². The average molecular weight is 567 g/mol. The van der Waals surface area contributed by atoms with E-state index < -0.39 is 10.0 Å². The molecular formula is C22H39IN4O3S. The SMILES string of the molecule is CCNC(=NCc1ccc(S(=O)(=O)N2CCCC2)cc1)NCC(CC)(CC)CCO.I. The van der Waals surface area contributed by atoms with E-state index in [9.17, 15) is 13.5 Å². The van der Waals surface area contributed by atoms with E-state index in [2.05, 4.69) is 29.5 Å². The fourth-order valence-electron chi connectivity index (χ4n) is 3.81. The molecule has 0 unspecified atom stereocenters. The maximum Gasteiger partial charge on any atom is 0.243 e. The fourth-order valence-corrected chi connectivity index (χ4v) is 5.32. The zero-order valence-electron chi connectivity index (χ0n) is 19.1. The van der Waals surface area contributed by atoms with Crippen LogP contribution in [-0.2, 0) is 16.6 Å². The Hall–Kier alpha value is -0.910. The highest BCUT2D eigenvalue weighted by Crippen LogP contribution is 2.29. The van der Waals surface area contributed by atoms with Gasteiger partial charge in [0.25, 0.3) is 0 Å². The Labute approximate surface area is 205 Å². The van der Waals surface area contributed by atoms with Crippen molar-refractivity contribution in [1.82, 2.24) is 14.9 Å². The van der Waals surface area contributed by atoms with Gasteiger partial charge >= 0.3 is 0 Å². The largest absolute Gasteiger partial charge is 0.396 e. The number of halogens is 1. The second-order valence-electron chi connectivity index (χ2n) is 7.98. The Kier molecular flexibility index (Phi) is 12.3. The number of nitrogens with one attached hydrogen (secondary N) is 2. The van der Waals surface area contributed by atoms with E-state index in [1.807, 2.05) is 19.1 Å². The summed E-state index contributed by atoms with van der Waals surface area (Å²) >= 11 is 0. The van der Waals surface area contributed by atoms with Crippen LogP contribution < -0.4 is 10.6 Å². The topological polar surface area (TPSA) is 94.0 Å². The predicted octanol–water partition coefficient (Wildman–Crippen LogP) is 3.33. The van der Waals surface area contributed by atoms with Gasteiger partial charge in [-0.05, 0) is 62.1 Å². The Bertz CT molecular complexity index is 774. The van der Waals surface area contributed by atoms with Gasteiger partial charge in [0.05, 0.1) is 11.4 Å². The van der Waals surface area contributed by atoms with E-state index in [1.54, 1.807) is 16.4 Å². The molecule has 0 aliphatic carbocycles. The molecule has 1 aromatic rings.